The van der Waals surface area contributed by atoms with Crippen molar-refractivity contribution in [3.05, 3.63) is 60.7 Å². The van der Waals surface area contributed by atoms with E-state index in [1.807, 2.05) is 30.3 Å². The van der Waals surface area contributed by atoms with E-state index >= 15 is 0 Å². The van der Waals surface area contributed by atoms with Crippen LogP contribution in [0, 0.1) is 0 Å². The fourth-order valence-corrected chi connectivity index (χ4v) is 3.05. The Bertz CT molecular complexity index is 937. The van der Waals surface area contributed by atoms with Gasteiger partial charge in [0.2, 0.25) is 0 Å². The zero-order chi connectivity index (χ0) is 15.7. The lowest BCUT2D eigenvalue weighted by Crippen LogP contribution is -2.01. The third-order valence-corrected chi connectivity index (χ3v) is 4.22. The molecule has 3 N–H and O–H groups in total. The van der Waals surface area contributed by atoms with Gasteiger partial charge in [0.25, 0.3) is 10.1 Å². The number of benzene rings is 3. The second-order valence-corrected chi connectivity index (χ2v) is 6.17. The first-order chi connectivity index (χ1) is 10.5. The van der Waals surface area contributed by atoms with E-state index < -0.39 is 10.1 Å². The Kier molecular flexibility index (Phi) is 3.48. The molecule has 0 bridgehead atoms. The van der Waals surface area contributed by atoms with Gasteiger partial charge in [0.05, 0.1) is 5.69 Å². The fourth-order valence-electron chi connectivity index (χ4n) is 2.37. The number of fused-ring (bicyclic) bond motifs is 1. The Hall–Kier alpha value is -2.57. The first-order valence-corrected chi connectivity index (χ1v) is 7.95. The van der Waals surface area contributed by atoms with Crippen molar-refractivity contribution in [2.75, 3.05) is 5.32 Å². The smallest absolute Gasteiger partial charge is 0.295 e. The van der Waals surface area contributed by atoms with Gasteiger partial charge < -0.3 is 10.4 Å². The summed E-state index contributed by atoms with van der Waals surface area (Å²) in [6.07, 6.45) is 0. The number of anilines is 2. The molecule has 3 aromatic rings. The Balaban J connectivity index is 2.25. The van der Waals surface area contributed by atoms with Gasteiger partial charge in [0.15, 0.2) is 0 Å². The highest BCUT2D eigenvalue weighted by molar-refractivity contribution is 7.86. The number of rotatable bonds is 3. The minimum absolute atomic E-state index is 0.0681. The summed E-state index contributed by atoms with van der Waals surface area (Å²) in [7, 11) is -4.37. The van der Waals surface area contributed by atoms with Crippen LogP contribution in [0.1, 0.15) is 0 Å². The first kappa shape index (κ1) is 14.4. The normalized spacial score (nSPS) is 11.5. The van der Waals surface area contributed by atoms with Crippen LogP contribution in [-0.2, 0) is 10.1 Å². The lowest BCUT2D eigenvalue weighted by atomic mass is 10.1. The van der Waals surface area contributed by atoms with Crippen molar-refractivity contribution in [3.8, 4) is 5.75 Å². The predicted molar refractivity (Wildman–Crippen MR) is 85.2 cm³/mol. The molecule has 0 saturated heterocycles. The molecule has 0 aliphatic heterocycles. The Morgan fingerprint density at radius 2 is 1.59 bits per heavy atom. The molecule has 112 valence electrons. The molecule has 6 heteroatoms. The van der Waals surface area contributed by atoms with Crippen LogP contribution in [-0.4, -0.2) is 18.1 Å². The largest absolute Gasteiger partial charge is 0.507 e. The second-order valence-electron chi connectivity index (χ2n) is 4.78. The molecule has 0 aliphatic carbocycles. The molecule has 0 unspecified atom stereocenters. The quantitative estimate of drug-likeness (QED) is 0.644. The molecular formula is C16H13NO4S. The van der Waals surface area contributed by atoms with Crippen LogP contribution >= 0.6 is 0 Å². The molecule has 0 aliphatic rings. The number of para-hydroxylation sites is 1. The lowest BCUT2D eigenvalue weighted by molar-refractivity contribution is 0.481. The van der Waals surface area contributed by atoms with Crippen molar-refractivity contribution < 1.29 is 18.1 Å². The van der Waals surface area contributed by atoms with Crippen LogP contribution in [0.25, 0.3) is 10.8 Å². The number of hydrogen-bond acceptors (Lipinski definition) is 4. The fraction of sp³-hybridized carbons (Fsp3) is 0. The van der Waals surface area contributed by atoms with Crippen molar-refractivity contribution >= 4 is 32.3 Å². The summed E-state index contributed by atoms with van der Waals surface area (Å²) >= 11 is 0. The SMILES string of the molecule is O=S(=O)(O)c1ccc(Nc2ccccc2)c2c(O)cccc12. The minimum Gasteiger partial charge on any atom is -0.507 e. The van der Waals surface area contributed by atoms with E-state index in [4.69, 9.17) is 0 Å². The maximum Gasteiger partial charge on any atom is 0.295 e. The highest BCUT2D eigenvalue weighted by Crippen LogP contribution is 2.36. The molecule has 3 aromatic carbocycles. The molecule has 5 nitrogen and oxygen atoms in total. The maximum atomic E-state index is 11.5. The molecule has 0 aromatic heterocycles. The van der Waals surface area contributed by atoms with Gasteiger partial charge in [-0.1, -0.05) is 30.3 Å². The Morgan fingerprint density at radius 1 is 0.864 bits per heavy atom. The van der Waals surface area contributed by atoms with Gasteiger partial charge in [-0.15, -0.1) is 0 Å². The summed E-state index contributed by atoms with van der Waals surface area (Å²) < 4.78 is 32.3. The van der Waals surface area contributed by atoms with Crippen LogP contribution in [0.15, 0.2) is 65.6 Å². The van der Waals surface area contributed by atoms with E-state index in [-0.39, 0.29) is 16.0 Å². The molecular weight excluding hydrogens is 302 g/mol. The van der Waals surface area contributed by atoms with E-state index in [0.29, 0.717) is 11.1 Å². The summed E-state index contributed by atoms with van der Waals surface area (Å²) in [5, 5.41) is 13.8. The molecule has 22 heavy (non-hydrogen) atoms. The summed E-state index contributed by atoms with van der Waals surface area (Å²) in [6.45, 7) is 0. The summed E-state index contributed by atoms with van der Waals surface area (Å²) in [4.78, 5) is -0.239. The van der Waals surface area contributed by atoms with Crippen molar-refractivity contribution in [2.45, 2.75) is 4.90 Å². The zero-order valence-electron chi connectivity index (χ0n) is 11.4. The number of aromatic hydroxyl groups is 1. The van der Waals surface area contributed by atoms with Crippen molar-refractivity contribution in [2.24, 2.45) is 0 Å². The van der Waals surface area contributed by atoms with Crippen LogP contribution in [0.2, 0.25) is 0 Å². The van der Waals surface area contributed by atoms with Gasteiger partial charge in [-0.25, -0.2) is 0 Å². The Labute approximate surface area is 127 Å². The van der Waals surface area contributed by atoms with Gasteiger partial charge >= 0.3 is 0 Å². The molecule has 0 saturated carbocycles. The first-order valence-electron chi connectivity index (χ1n) is 6.51. The molecule has 0 amide bonds. The molecule has 0 fully saturated rings. The lowest BCUT2D eigenvalue weighted by Gasteiger charge is -2.13. The zero-order valence-corrected chi connectivity index (χ0v) is 12.2. The van der Waals surface area contributed by atoms with Crippen LogP contribution in [0.3, 0.4) is 0 Å². The molecule has 0 heterocycles. The number of hydrogen-bond donors (Lipinski definition) is 3. The summed E-state index contributed by atoms with van der Waals surface area (Å²) in [5.74, 6) is -0.0681. The van der Waals surface area contributed by atoms with Gasteiger partial charge in [-0.3, -0.25) is 4.55 Å². The average molecular weight is 315 g/mol. The highest BCUT2D eigenvalue weighted by Gasteiger charge is 2.17. The topological polar surface area (TPSA) is 86.6 Å². The van der Waals surface area contributed by atoms with Gasteiger partial charge in [-0.05, 0) is 30.3 Å². The molecule has 0 atom stereocenters. The molecule has 0 spiro atoms. The van der Waals surface area contributed by atoms with Crippen molar-refractivity contribution in [1.82, 2.24) is 0 Å². The second kappa shape index (κ2) is 5.32. The van der Waals surface area contributed by atoms with Crippen LogP contribution < -0.4 is 5.32 Å². The number of phenols is 1. The average Bonchev–Trinajstić information content (AvgIpc) is 2.47. The van der Waals surface area contributed by atoms with Crippen LogP contribution in [0.5, 0.6) is 5.75 Å². The van der Waals surface area contributed by atoms with Gasteiger partial charge in [0.1, 0.15) is 10.6 Å². The van der Waals surface area contributed by atoms with E-state index in [2.05, 4.69) is 5.32 Å². The van der Waals surface area contributed by atoms with E-state index in [1.165, 1.54) is 30.3 Å². The van der Waals surface area contributed by atoms with Crippen molar-refractivity contribution in [3.63, 3.8) is 0 Å². The Morgan fingerprint density at radius 3 is 2.27 bits per heavy atom. The predicted octanol–water partition coefficient (Wildman–Crippen LogP) is 3.54. The van der Waals surface area contributed by atoms with Gasteiger partial charge in [0, 0.05) is 16.5 Å². The number of nitrogens with one attached hydrogen (secondary N) is 1. The summed E-state index contributed by atoms with van der Waals surface area (Å²) in [5.41, 5.74) is 1.35. The number of phenolic OH excluding ortho intramolecular Hbond substituents is 1. The third kappa shape index (κ3) is 2.61. The summed E-state index contributed by atoms with van der Waals surface area (Å²) in [6, 6.07) is 16.6. The van der Waals surface area contributed by atoms with E-state index in [1.54, 1.807) is 0 Å². The highest BCUT2D eigenvalue weighted by atomic mass is 32.2. The minimum atomic E-state index is -4.37. The van der Waals surface area contributed by atoms with E-state index in [9.17, 15) is 18.1 Å². The molecule has 3 rings (SSSR count). The van der Waals surface area contributed by atoms with E-state index in [0.717, 1.165) is 5.69 Å². The maximum absolute atomic E-state index is 11.5. The van der Waals surface area contributed by atoms with Crippen molar-refractivity contribution in [1.29, 1.82) is 0 Å². The molecule has 0 radical (unpaired) electrons. The van der Waals surface area contributed by atoms with Crippen LogP contribution in [0.4, 0.5) is 11.4 Å². The monoisotopic (exact) mass is 315 g/mol. The third-order valence-electron chi connectivity index (χ3n) is 3.31. The standard InChI is InChI=1S/C16H13NO4S/c18-14-8-4-7-12-15(22(19,20)21)10-9-13(16(12)14)17-11-5-2-1-3-6-11/h1-10,17-18H,(H,19,20,21). The van der Waals surface area contributed by atoms with Gasteiger partial charge in [-0.2, -0.15) is 8.42 Å².